The third kappa shape index (κ3) is 1.58. The molecule has 0 aromatic rings. The number of rotatable bonds is 2. The zero-order valence-electron chi connectivity index (χ0n) is 9.04. The highest BCUT2D eigenvalue weighted by molar-refractivity contribution is 6.12. The van der Waals surface area contributed by atoms with Crippen molar-refractivity contribution in [1.29, 1.82) is 0 Å². The van der Waals surface area contributed by atoms with E-state index in [-0.39, 0.29) is 11.8 Å². The molecule has 17 heavy (non-hydrogen) atoms. The lowest BCUT2D eigenvalue weighted by Gasteiger charge is -2.19. The predicted octanol–water partition coefficient (Wildman–Crippen LogP) is 0.582. The first kappa shape index (κ1) is 10.3. The van der Waals surface area contributed by atoms with Gasteiger partial charge in [-0.15, -0.1) is 0 Å². The van der Waals surface area contributed by atoms with E-state index in [0.717, 1.165) is 25.0 Å². The highest BCUT2D eigenvalue weighted by Gasteiger charge is 2.42. The molecule has 1 heterocycles. The molecule has 3 atom stereocenters. The summed E-state index contributed by atoms with van der Waals surface area (Å²) in [6, 6.07) is 0. The van der Waals surface area contributed by atoms with Crippen molar-refractivity contribution in [3.63, 3.8) is 0 Å². The van der Waals surface area contributed by atoms with E-state index in [1.807, 2.05) is 6.08 Å². The molecule has 3 aliphatic rings. The van der Waals surface area contributed by atoms with Crippen molar-refractivity contribution in [3.05, 3.63) is 24.3 Å². The van der Waals surface area contributed by atoms with Crippen LogP contribution in [0.4, 0.5) is 0 Å². The minimum absolute atomic E-state index is 0.202. The maximum atomic E-state index is 11.9. The molecule has 1 fully saturated rings. The molecule has 0 radical (unpaired) electrons. The molecule has 2 amide bonds. The standard InChI is InChI=1S/C12H11NO4/c14-10-3-4-11(15)13(10)17-12(16)9-6-7-1-2-8(9)5-7/h1-4,7-9H,5-6H2. The van der Waals surface area contributed by atoms with Crippen LogP contribution in [-0.2, 0) is 19.2 Å². The molecule has 0 N–H and O–H groups in total. The first-order chi connectivity index (χ1) is 8.15. The Hall–Kier alpha value is -1.91. The van der Waals surface area contributed by atoms with Gasteiger partial charge in [0.05, 0.1) is 5.92 Å². The van der Waals surface area contributed by atoms with Crippen molar-refractivity contribution in [2.45, 2.75) is 12.8 Å². The highest BCUT2D eigenvalue weighted by atomic mass is 16.7. The average molecular weight is 233 g/mol. The Morgan fingerprint density at radius 1 is 1.18 bits per heavy atom. The SMILES string of the molecule is O=C(ON1C(=O)C=CC1=O)C1CC2C=CC1C2. The maximum absolute atomic E-state index is 11.9. The molecule has 2 bridgehead atoms. The Balaban J connectivity index is 1.67. The second-order valence-corrected chi connectivity index (χ2v) is 4.60. The number of imide groups is 1. The first-order valence-corrected chi connectivity index (χ1v) is 5.61. The molecule has 1 saturated carbocycles. The van der Waals surface area contributed by atoms with Gasteiger partial charge in [0.1, 0.15) is 0 Å². The van der Waals surface area contributed by atoms with Gasteiger partial charge in [-0.3, -0.25) is 9.59 Å². The second kappa shape index (κ2) is 3.55. The minimum atomic E-state index is -0.595. The molecular weight excluding hydrogens is 222 g/mol. The van der Waals surface area contributed by atoms with Crippen LogP contribution in [0.3, 0.4) is 0 Å². The molecule has 3 rings (SSSR count). The zero-order chi connectivity index (χ0) is 12.0. The van der Waals surface area contributed by atoms with E-state index in [1.165, 1.54) is 0 Å². The number of allylic oxidation sites excluding steroid dienone is 2. The van der Waals surface area contributed by atoms with Crippen LogP contribution in [0.5, 0.6) is 0 Å². The van der Waals surface area contributed by atoms with Crippen LogP contribution in [0.2, 0.25) is 0 Å². The number of hydrogen-bond donors (Lipinski definition) is 0. The van der Waals surface area contributed by atoms with Crippen LogP contribution in [0.15, 0.2) is 24.3 Å². The third-order valence-corrected chi connectivity index (χ3v) is 3.53. The van der Waals surface area contributed by atoms with Gasteiger partial charge in [0.2, 0.25) is 0 Å². The van der Waals surface area contributed by atoms with E-state index in [0.29, 0.717) is 11.0 Å². The Bertz CT molecular complexity index is 447. The van der Waals surface area contributed by atoms with E-state index in [1.54, 1.807) is 0 Å². The van der Waals surface area contributed by atoms with E-state index in [2.05, 4.69) is 6.08 Å². The Kier molecular flexibility index (Phi) is 2.14. The maximum Gasteiger partial charge on any atom is 0.336 e. The van der Waals surface area contributed by atoms with E-state index < -0.39 is 17.8 Å². The van der Waals surface area contributed by atoms with Crippen molar-refractivity contribution >= 4 is 17.8 Å². The fraction of sp³-hybridized carbons (Fsp3) is 0.417. The summed E-state index contributed by atoms with van der Waals surface area (Å²) in [5.74, 6) is -1.24. The number of carbonyl (C=O) groups excluding carboxylic acids is 3. The second-order valence-electron chi connectivity index (χ2n) is 4.60. The van der Waals surface area contributed by atoms with Crippen molar-refractivity contribution in [2.24, 2.45) is 17.8 Å². The van der Waals surface area contributed by atoms with E-state index in [9.17, 15) is 14.4 Å². The summed E-state index contributed by atoms with van der Waals surface area (Å²) in [6.45, 7) is 0. The number of amides is 2. The molecule has 5 heteroatoms. The monoisotopic (exact) mass is 233 g/mol. The van der Waals surface area contributed by atoms with Gasteiger partial charge in [0, 0.05) is 12.2 Å². The minimum Gasteiger partial charge on any atom is -0.329 e. The Morgan fingerprint density at radius 3 is 2.41 bits per heavy atom. The van der Waals surface area contributed by atoms with Gasteiger partial charge >= 0.3 is 5.97 Å². The summed E-state index contributed by atoms with van der Waals surface area (Å²) >= 11 is 0. The van der Waals surface area contributed by atoms with Crippen LogP contribution in [0, 0.1) is 17.8 Å². The van der Waals surface area contributed by atoms with E-state index >= 15 is 0 Å². The molecule has 0 saturated heterocycles. The first-order valence-electron chi connectivity index (χ1n) is 5.61. The number of hydrogen-bond acceptors (Lipinski definition) is 4. The molecular formula is C12H11NO4. The topological polar surface area (TPSA) is 63.7 Å². The van der Waals surface area contributed by atoms with Gasteiger partial charge < -0.3 is 4.84 Å². The average Bonchev–Trinajstić information content (AvgIpc) is 2.99. The third-order valence-electron chi connectivity index (χ3n) is 3.53. The smallest absolute Gasteiger partial charge is 0.329 e. The molecule has 3 unspecified atom stereocenters. The fourth-order valence-corrected chi connectivity index (χ4v) is 2.69. The highest BCUT2D eigenvalue weighted by Crippen LogP contribution is 2.44. The van der Waals surface area contributed by atoms with Crippen LogP contribution >= 0.6 is 0 Å². The lowest BCUT2D eigenvalue weighted by atomic mass is 9.94. The number of hydroxylamine groups is 2. The Labute approximate surface area is 97.7 Å². The Morgan fingerprint density at radius 2 is 1.88 bits per heavy atom. The summed E-state index contributed by atoms with van der Waals surface area (Å²) in [5.41, 5.74) is 0. The lowest BCUT2D eigenvalue weighted by molar-refractivity contribution is -0.200. The fourth-order valence-electron chi connectivity index (χ4n) is 2.69. The van der Waals surface area contributed by atoms with Crippen LogP contribution in [0.1, 0.15) is 12.8 Å². The summed E-state index contributed by atoms with van der Waals surface area (Å²) in [5, 5.41) is 0.526. The van der Waals surface area contributed by atoms with Crippen molar-refractivity contribution in [3.8, 4) is 0 Å². The van der Waals surface area contributed by atoms with Gasteiger partial charge in [-0.25, -0.2) is 4.79 Å². The number of carbonyl (C=O) groups is 3. The molecule has 1 aliphatic heterocycles. The van der Waals surface area contributed by atoms with Gasteiger partial charge in [-0.05, 0) is 24.7 Å². The summed E-state index contributed by atoms with van der Waals surface area (Å²) < 4.78 is 0. The van der Waals surface area contributed by atoms with Gasteiger partial charge in [0.25, 0.3) is 11.8 Å². The molecule has 2 aliphatic carbocycles. The summed E-state index contributed by atoms with van der Waals surface area (Å²) in [4.78, 5) is 39.2. The normalized spacial score (nSPS) is 33.9. The van der Waals surface area contributed by atoms with Crippen LogP contribution in [0.25, 0.3) is 0 Å². The van der Waals surface area contributed by atoms with Crippen molar-refractivity contribution in [2.75, 3.05) is 0 Å². The quantitative estimate of drug-likeness (QED) is 0.517. The van der Waals surface area contributed by atoms with E-state index in [4.69, 9.17) is 4.84 Å². The van der Waals surface area contributed by atoms with Crippen LogP contribution < -0.4 is 0 Å². The largest absolute Gasteiger partial charge is 0.336 e. The van der Waals surface area contributed by atoms with Gasteiger partial charge in [0.15, 0.2) is 0 Å². The van der Waals surface area contributed by atoms with Gasteiger partial charge in [-0.1, -0.05) is 17.2 Å². The van der Waals surface area contributed by atoms with Gasteiger partial charge in [-0.2, -0.15) is 0 Å². The number of fused-ring (bicyclic) bond motifs is 2. The van der Waals surface area contributed by atoms with Crippen molar-refractivity contribution < 1.29 is 19.2 Å². The number of nitrogens with zero attached hydrogens (tertiary/aromatic N) is 1. The zero-order valence-corrected chi connectivity index (χ0v) is 9.04. The molecule has 0 spiro atoms. The molecule has 0 aromatic heterocycles. The summed E-state index contributed by atoms with van der Waals surface area (Å²) in [6.07, 6.45) is 8.05. The molecule has 88 valence electrons. The summed E-state index contributed by atoms with van der Waals surface area (Å²) in [7, 11) is 0. The molecule has 5 nitrogen and oxygen atoms in total. The van der Waals surface area contributed by atoms with Crippen molar-refractivity contribution in [1.82, 2.24) is 5.06 Å². The predicted molar refractivity (Wildman–Crippen MR) is 55.9 cm³/mol. The molecule has 0 aromatic carbocycles. The van der Waals surface area contributed by atoms with Crippen LogP contribution in [-0.4, -0.2) is 22.8 Å². The lowest BCUT2D eigenvalue weighted by Crippen LogP contribution is -2.36.